The van der Waals surface area contributed by atoms with Gasteiger partial charge in [0.2, 0.25) is 0 Å². The van der Waals surface area contributed by atoms with Gasteiger partial charge in [-0.25, -0.2) is 0 Å². The molecule has 6 rings (SSSR count). The zero-order valence-corrected chi connectivity index (χ0v) is 20.8. The van der Waals surface area contributed by atoms with Crippen LogP contribution in [0.2, 0.25) is 5.02 Å². The van der Waals surface area contributed by atoms with Crippen LogP contribution in [0.3, 0.4) is 0 Å². The van der Waals surface area contributed by atoms with Gasteiger partial charge in [-0.2, -0.15) is 0 Å². The summed E-state index contributed by atoms with van der Waals surface area (Å²) < 4.78 is 0. The lowest BCUT2D eigenvalue weighted by molar-refractivity contribution is -0.116. The third-order valence-corrected chi connectivity index (χ3v) is 7.43. The molecule has 4 aromatic carbocycles. The Morgan fingerprint density at radius 1 is 0.730 bits per heavy atom. The van der Waals surface area contributed by atoms with E-state index in [0.717, 1.165) is 33.8 Å². The monoisotopic (exact) mass is 504 g/mol. The van der Waals surface area contributed by atoms with Crippen LogP contribution < -0.4 is 10.6 Å². The van der Waals surface area contributed by atoms with Gasteiger partial charge in [-0.05, 0) is 53.8 Å². The molecule has 182 valence electrons. The van der Waals surface area contributed by atoms with Crippen molar-refractivity contribution in [3.8, 4) is 0 Å². The Kier molecular flexibility index (Phi) is 6.11. The molecular weight excluding hydrogens is 480 g/mol. The summed E-state index contributed by atoms with van der Waals surface area (Å²) in [5, 5.41) is 7.80. The van der Waals surface area contributed by atoms with Crippen molar-refractivity contribution in [3.05, 3.63) is 142 Å². The van der Waals surface area contributed by atoms with Crippen LogP contribution in [0.15, 0.2) is 114 Å². The minimum absolute atomic E-state index is 0.0419. The second kappa shape index (κ2) is 9.72. The number of carbonyl (C=O) groups is 2. The van der Waals surface area contributed by atoms with E-state index in [0.29, 0.717) is 29.0 Å². The third-order valence-electron chi connectivity index (χ3n) is 7.17. The number of benzene rings is 4. The predicted octanol–water partition coefficient (Wildman–Crippen LogP) is 7.55. The molecule has 37 heavy (non-hydrogen) atoms. The normalized spacial score (nSPS) is 18.7. The topological polar surface area (TPSA) is 58.2 Å². The molecule has 4 aromatic rings. The Labute approximate surface area is 221 Å². The summed E-state index contributed by atoms with van der Waals surface area (Å²) in [6.45, 7) is 0. The van der Waals surface area contributed by atoms with Gasteiger partial charge < -0.3 is 10.6 Å². The number of hydrogen-bond acceptors (Lipinski definition) is 4. The number of ketones is 2. The van der Waals surface area contributed by atoms with Crippen LogP contribution in [0.25, 0.3) is 0 Å². The van der Waals surface area contributed by atoms with Crippen molar-refractivity contribution in [1.29, 1.82) is 0 Å². The maximum absolute atomic E-state index is 13.7. The van der Waals surface area contributed by atoms with Crippen LogP contribution in [0.5, 0.6) is 0 Å². The fraction of sp³-hybridized carbons (Fsp3) is 0.125. The number of hydrogen-bond donors (Lipinski definition) is 2. The van der Waals surface area contributed by atoms with Crippen LogP contribution in [-0.2, 0) is 4.79 Å². The Hall–Kier alpha value is -4.15. The highest BCUT2D eigenvalue weighted by atomic mass is 35.5. The number of fused-ring (bicyclic) bond motifs is 1. The van der Waals surface area contributed by atoms with E-state index >= 15 is 0 Å². The van der Waals surface area contributed by atoms with Gasteiger partial charge in [0.15, 0.2) is 11.6 Å². The molecule has 2 atom stereocenters. The molecular formula is C32H25ClN2O2. The summed E-state index contributed by atoms with van der Waals surface area (Å²) in [5.41, 5.74) is 6.59. The molecule has 4 nitrogen and oxygen atoms in total. The Morgan fingerprint density at radius 3 is 2.16 bits per heavy atom. The lowest BCUT2D eigenvalue weighted by Crippen LogP contribution is -2.26. The van der Waals surface area contributed by atoms with Crippen molar-refractivity contribution in [2.75, 3.05) is 10.6 Å². The number of carbonyl (C=O) groups excluding carboxylic acids is 2. The van der Waals surface area contributed by atoms with Crippen LogP contribution in [0.1, 0.15) is 51.8 Å². The predicted molar refractivity (Wildman–Crippen MR) is 148 cm³/mol. The van der Waals surface area contributed by atoms with Crippen molar-refractivity contribution in [1.82, 2.24) is 0 Å². The van der Waals surface area contributed by atoms with E-state index in [9.17, 15) is 9.59 Å². The van der Waals surface area contributed by atoms with E-state index < -0.39 is 0 Å². The molecule has 0 saturated heterocycles. The Bertz CT molecular complexity index is 1510. The fourth-order valence-corrected chi connectivity index (χ4v) is 5.44. The molecule has 0 saturated carbocycles. The number of allylic oxidation sites excluding steroid dienone is 1. The van der Waals surface area contributed by atoms with Crippen LogP contribution in [0.4, 0.5) is 11.4 Å². The van der Waals surface area contributed by atoms with Gasteiger partial charge >= 0.3 is 0 Å². The second-order valence-corrected chi connectivity index (χ2v) is 9.98. The van der Waals surface area contributed by atoms with E-state index in [1.54, 1.807) is 0 Å². The average molecular weight is 505 g/mol. The van der Waals surface area contributed by atoms with Gasteiger partial charge in [0.1, 0.15) is 0 Å². The number of nitrogens with one attached hydrogen (secondary N) is 2. The molecule has 0 spiro atoms. The lowest BCUT2D eigenvalue weighted by atomic mass is 9.78. The van der Waals surface area contributed by atoms with Crippen LogP contribution in [0, 0.1) is 0 Å². The largest absolute Gasteiger partial charge is 0.372 e. The first-order valence-corrected chi connectivity index (χ1v) is 12.8. The molecule has 1 aliphatic heterocycles. The molecule has 2 aliphatic rings. The summed E-state index contributed by atoms with van der Waals surface area (Å²) in [5.74, 6) is 0.157. The first-order chi connectivity index (χ1) is 18.1. The minimum Gasteiger partial charge on any atom is -0.372 e. The van der Waals surface area contributed by atoms with Crippen molar-refractivity contribution in [3.63, 3.8) is 0 Å². The van der Waals surface area contributed by atoms with Crippen molar-refractivity contribution < 1.29 is 9.59 Å². The van der Waals surface area contributed by atoms with E-state index in [4.69, 9.17) is 11.6 Å². The quantitative estimate of drug-likeness (QED) is 0.282. The highest BCUT2D eigenvalue weighted by molar-refractivity contribution is 6.30. The summed E-state index contributed by atoms with van der Waals surface area (Å²) in [6, 6.07) is 32.4. The number of halogens is 1. The number of Topliss-reactive ketones (excluding diaryl/α,β-unsaturated/α-hetero) is 1. The fourth-order valence-electron chi connectivity index (χ4n) is 5.31. The molecule has 5 heteroatoms. The summed E-state index contributed by atoms with van der Waals surface area (Å²) in [6.07, 6.45) is 1.15. The molecule has 1 heterocycles. The molecule has 0 aromatic heterocycles. The van der Waals surface area contributed by atoms with Crippen molar-refractivity contribution >= 4 is 34.5 Å². The minimum atomic E-state index is -0.332. The smallest absolute Gasteiger partial charge is 0.193 e. The average Bonchev–Trinajstić information content (AvgIpc) is 3.10. The van der Waals surface area contributed by atoms with Crippen molar-refractivity contribution in [2.24, 2.45) is 0 Å². The zero-order chi connectivity index (χ0) is 25.4. The van der Waals surface area contributed by atoms with E-state index in [2.05, 4.69) is 22.8 Å². The van der Waals surface area contributed by atoms with Gasteiger partial charge in [-0.1, -0.05) is 84.4 Å². The third kappa shape index (κ3) is 4.56. The van der Waals surface area contributed by atoms with E-state index in [1.165, 1.54) is 0 Å². The van der Waals surface area contributed by atoms with Gasteiger partial charge in [0.05, 0.1) is 17.4 Å². The van der Waals surface area contributed by atoms with Crippen LogP contribution >= 0.6 is 11.6 Å². The zero-order valence-electron chi connectivity index (χ0n) is 20.1. The molecule has 0 radical (unpaired) electrons. The Morgan fingerprint density at radius 2 is 1.43 bits per heavy atom. The SMILES string of the molecule is O=C1C[C@@H](c2ccccc2)CC2=C1[C@H](c1ccc(Cl)cc1)Nc1ccc(C(=O)c3ccccc3)cc1N2. The van der Waals surface area contributed by atoms with Gasteiger partial charge in [0, 0.05) is 33.8 Å². The lowest BCUT2D eigenvalue weighted by Gasteiger charge is -2.30. The molecule has 1 aliphatic carbocycles. The summed E-state index contributed by atoms with van der Waals surface area (Å²) in [7, 11) is 0. The highest BCUT2D eigenvalue weighted by Crippen LogP contribution is 2.44. The summed E-state index contributed by atoms with van der Waals surface area (Å²) >= 11 is 6.17. The standard InChI is InChI=1S/C32H25ClN2O2/c33-25-14-11-21(12-15-25)31-30-28(18-24(19-29(30)36)20-7-3-1-4-8-20)34-27-17-23(13-16-26(27)35-31)32(37)22-9-5-2-6-10-22/h1-17,24,31,34-35H,18-19H2/t24-,31-/m0/s1. The molecule has 0 bridgehead atoms. The molecule has 0 amide bonds. The molecule has 0 fully saturated rings. The Balaban J connectivity index is 1.44. The first-order valence-electron chi connectivity index (χ1n) is 12.4. The first kappa shape index (κ1) is 23.3. The maximum Gasteiger partial charge on any atom is 0.193 e. The van der Waals surface area contributed by atoms with Crippen LogP contribution in [-0.4, -0.2) is 11.6 Å². The van der Waals surface area contributed by atoms with Gasteiger partial charge in [0.25, 0.3) is 0 Å². The molecule has 0 unspecified atom stereocenters. The molecule has 2 N–H and O–H groups in total. The van der Waals surface area contributed by atoms with Gasteiger partial charge in [-0.15, -0.1) is 0 Å². The van der Waals surface area contributed by atoms with E-state index in [1.807, 2.05) is 91.0 Å². The van der Waals surface area contributed by atoms with Crippen molar-refractivity contribution in [2.45, 2.75) is 24.8 Å². The second-order valence-electron chi connectivity index (χ2n) is 9.54. The van der Waals surface area contributed by atoms with Gasteiger partial charge in [-0.3, -0.25) is 9.59 Å². The summed E-state index contributed by atoms with van der Waals surface area (Å²) in [4.78, 5) is 26.9. The van der Waals surface area contributed by atoms with E-state index in [-0.39, 0.29) is 23.5 Å². The maximum atomic E-state index is 13.7. The number of anilines is 2. The number of rotatable bonds is 4. The highest BCUT2D eigenvalue weighted by Gasteiger charge is 2.36.